The van der Waals surface area contributed by atoms with Crippen molar-refractivity contribution in [3.05, 3.63) is 69.8 Å². The lowest BCUT2D eigenvalue weighted by atomic mass is 10.1. The van der Waals surface area contributed by atoms with Gasteiger partial charge in [-0.05, 0) is 24.6 Å². The Morgan fingerprint density at radius 3 is 2.08 bits per heavy atom. The van der Waals surface area contributed by atoms with Gasteiger partial charge in [0.15, 0.2) is 0 Å². The predicted octanol–water partition coefficient (Wildman–Crippen LogP) is 2.41. The summed E-state index contributed by atoms with van der Waals surface area (Å²) in [6.07, 6.45) is 0. The molecule has 0 atom stereocenters. The monoisotopic (exact) mass is 375 g/mol. The van der Waals surface area contributed by atoms with E-state index in [-0.39, 0.29) is 10.6 Å². The van der Waals surface area contributed by atoms with Crippen molar-refractivity contribution in [3.63, 3.8) is 0 Å². The minimum Gasteiger partial charge on any atom is -0.296 e. The number of aryl methyl sites for hydroxylation is 1. The molecule has 8 heteroatoms. The van der Waals surface area contributed by atoms with Crippen molar-refractivity contribution in [2.45, 2.75) is 18.4 Å². The summed E-state index contributed by atoms with van der Waals surface area (Å²) in [5.74, 6) is 0. The fraction of sp³-hybridized carbons (Fsp3) is 0.333. The molecular formula is C18H21N3O4S. The van der Waals surface area contributed by atoms with Crippen LogP contribution in [0.4, 0.5) is 5.69 Å². The maximum atomic E-state index is 12.7. The first-order valence-electron chi connectivity index (χ1n) is 8.39. The fourth-order valence-corrected chi connectivity index (χ4v) is 4.39. The van der Waals surface area contributed by atoms with E-state index in [1.54, 1.807) is 0 Å². The maximum Gasteiger partial charge on any atom is 0.269 e. The summed E-state index contributed by atoms with van der Waals surface area (Å²) < 4.78 is 26.9. The van der Waals surface area contributed by atoms with Crippen LogP contribution in [-0.2, 0) is 16.6 Å². The fourth-order valence-electron chi connectivity index (χ4n) is 2.97. The highest BCUT2D eigenvalue weighted by molar-refractivity contribution is 7.89. The molecule has 0 unspecified atom stereocenters. The summed E-state index contributed by atoms with van der Waals surface area (Å²) in [5.41, 5.74) is 2.31. The average Bonchev–Trinajstić information content (AvgIpc) is 2.64. The van der Waals surface area contributed by atoms with Gasteiger partial charge in [-0.3, -0.25) is 15.0 Å². The molecule has 0 N–H and O–H groups in total. The molecule has 0 bridgehead atoms. The molecule has 2 aromatic rings. The van der Waals surface area contributed by atoms with Gasteiger partial charge in [0.25, 0.3) is 5.69 Å². The number of nitro groups is 1. The Labute approximate surface area is 153 Å². The van der Waals surface area contributed by atoms with E-state index in [1.165, 1.54) is 39.7 Å². The molecule has 2 aromatic carbocycles. The van der Waals surface area contributed by atoms with E-state index in [0.29, 0.717) is 26.2 Å². The molecule has 7 nitrogen and oxygen atoms in total. The van der Waals surface area contributed by atoms with Crippen LogP contribution in [0.15, 0.2) is 53.4 Å². The zero-order valence-corrected chi connectivity index (χ0v) is 15.4. The minimum absolute atomic E-state index is 0.0927. The quantitative estimate of drug-likeness (QED) is 0.592. The third-order valence-electron chi connectivity index (χ3n) is 4.54. The van der Waals surface area contributed by atoms with Crippen LogP contribution >= 0.6 is 0 Å². The average molecular weight is 375 g/mol. The standard InChI is InChI=1S/C18H21N3O4S/c1-15-2-4-16(5-3-15)14-19-10-12-20(13-11-19)26(24,25)18-8-6-17(7-9-18)21(22)23/h2-9H,10-14H2,1H3. The van der Waals surface area contributed by atoms with E-state index < -0.39 is 14.9 Å². The number of rotatable bonds is 5. The summed E-state index contributed by atoms with van der Waals surface area (Å²) in [6.45, 7) is 4.97. The van der Waals surface area contributed by atoms with Crippen LogP contribution in [-0.4, -0.2) is 48.7 Å². The van der Waals surface area contributed by atoms with Crippen LogP contribution in [0, 0.1) is 17.0 Å². The molecule has 138 valence electrons. The Bertz CT molecular complexity index is 872. The Balaban J connectivity index is 1.62. The van der Waals surface area contributed by atoms with E-state index in [1.807, 2.05) is 6.92 Å². The molecule has 1 aliphatic rings. The Morgan fingerprint density at radius 2 is 1.54 bits per heavy atom. The second-order valence-corrected chi connectivity index (χ2v) is 8.35. The van der Waals surface area contributed by atoms with Gasteiger partial charge in [-0.1, -0.05) is 29.8 Å². The lowest BCUT2D eigenvalue weighted by molar-refractivity contribution is -0.384. The van der Waals surface area contributed by atoms with Crippen LogP contribution in [0.1, 0.15) is 11.1 Å². The Kier molecular flexibility index (Phi) is 5.36. The number of non-ortho nitro benzene ring substituents is 1. The van der Waals surface area contributed by atoms with E-state index in [9.17, 15) is 18.5 Å². The van der Waals surface area contributed by atoms with Crippen LogP contribution in [0.5, 0.6) is 0 Å². The Hall–Kier alpha value is -2.29. The van der Waals surface area contributed by atoms with E-state index in [2.05, 4.69) is 29.2 Å². The number of sulfonamides is 1. The van der Waals surface area contributed by atoms with Gasteiger partial charge in [0.1, 0.15) is 0 Å². The summed E-state index contributed by atoms with van der Waals surface area (Å²) in [6, 6.07) is 13.4. The van der Waals surface area contributed by atoms with Crippen LogP contribution < -0.4 is 0 Å². The molecule has 0 radical (unpaired) electrons. The van der Waals surface area contributed by atoms with Crippen LogP contribution in [0.3, 0.4) is 0 Å². The van der Waals surface area contributed by atoms with E-state index in [4.69, 9.17) is 0 Å². The first-order chi connectivity index (χ1) is 12.4. The van der Waals surface area contributed by atoms with Crippen molar-refractivity contribution in [3.8, 4) is 0 Å². The summed E-state index contributed by atoms with van der Waals surface area (Å²) in [7, 11) is -3.62. The van der Waals surface area contributed by atoms with Gasteiger partial charge in [0.05, 0.1) is 9.82 Å². The van der Waals surface area contributed by atoms with Gasteiger partial charge in [-0.2, -0.15) is 4.31 Å². The van der Waals surface area contributed by atoms with Crippen molar-refractivity contribution in [1.82, 2.24) is 9.21 Å². The maximum absolute atomic E-state index is 12.7. The van der Waals surface area contributed by atoms with Gasteiger partial charge in [0.2, 0.25) is 10.0 Å². The van der Waals surface area contributed by atoms with Gasteiger partial charge in [-0.15, -0.1) is 0 Å². The molecule has 0 aliphatic carbocycles. The second kappa shape index (κ2) is 7.53. The SMILES string of the molecule is Cc1ccc(CN2CCN(S(=O)(=O)c3ccc([N+](=O)[O-])cc3)CC2)cc1. The minimum atomic E-state index is -3.62. The van der Waals surface area contributed by atoms with Crippen molar-refractivity contribution >= 4 is 15.7 Å². The molecule has 0 spiro atoms. The van der Waals surface area contributed by atoms with Crippen molar-refractivity contribution in [2.24, 2.45) is 0 Å². The first-order valence-corrected chi connectivity index (χ1v) is 9.83. The normalized spacial score (nSPS) is 16.5. The highest BCUT2D eigenvalue weighted by Gasteiger charge is 2.28. The number of nitrogens with zero attached hydrogens (tertiary/aromatic N) is 3. The topological polar surface area (TPSA) is 83.8 Å². The molecule has 1 aliphatic heterocycles. The molecule has 1 heterocycles. The van der Waals surface area contributed by atoms with Crippen LogP contribution in [0.25, 0.3) is 0 Å². The molecule has 3 rings (SSSR count). The summed E-state index contributed by atoms with van der Waals surface area (Å²) >= 11 is 0. The van der Waals surface area contributed by atoms with Gasteiger partial charge in [0, 0.05) is 44.9 Å². The van der Waals surface area contributed by atoms with E-state index in [0.717, 1.165) is 6.54 Å². The molecule has 1 saturated heterocycles. The molecule has 26 heavy (non-hydrogen) atoms. The third kappa shape index (κ3) is 4.09. The van der Waals surface area contributed by atoms with Gasteiger partial charge in [-0.25, -0.2) is 8.42 Å². The van der Waals surface area contributed by atoms with Crippen LogP contribution in [0.2, 0.25) is 0 Å². The first kappa shape index (κ1) is 18.5. The second-order valence-electron chi connectivity index (χ2n) is 6.42. The van der Waals surface area contributed by atoms with Gasteiger partial charge >= 0.3 is 0 Å². The zero-order valence-electron chi connectivity index (χ0n) is 14.5. The number of piperazine rings is 1. The number of nitro benzene ring substituents is 1. The summed E-state index contributed by atoms with van der Waals surface area (Å²) in [5, 5.41) is 10.7. The zero-order chi connectivity index (χ0) is 18.7. The van der Waals surface area contributed by atoms with Crippen molar-refractivity contribution < 1.29 is 13.3 Å². The Morgan fingerprint density at radius 1 is 0.962 bits per heavy atom. The molecule has 0 saturated carbocycles. The lowest BCUT2D eigenvalue weighted by Gasteiger charge is -2.34. The van der Waals surface area contributed by atoms with Crippen molar-refractivity contribution in [1.29, 1.82) is 0 Å². The molecule has 1 fully saturated rings. The number of benzene rings is 2. The lowest BCUT2D eigenvalue weighted by Crippen LogP contribution is -2.48. The highest BCUT2D eigenvalue weighted by Crippen LogP contribution is 2.21. The molecular weight excluding hydrogens is 354 g/mol. The van der Waals surface area contributed by atoms with Gasteiger partial charge < -0.3 is 0 Å². The van der Waals surface area contributed by atoms with E-state index >= 15 is 0 Å². The summed E-state index contributed by atoms with van der Waals surface area (Å²) in [4.78, 5) is 12.5. The molecule has 0 amide bonds. The largest absolute Gasteiger partial charge is 0.296 e. The predicted molar refractivity (Wildman–Crippen MR) is 98.3 cm³/mol. The molecule has 0 aromatic heterocycles. The highest BCUT2D eigenvalue weighted by atomic mass is 32.2. The number of hydrogen-bond donors (Lipinski definition) is 0. The third-order valence-corrected chi connectivity index (χ3v) is 6.46. The van der Waals surface area contributed by atoms with Crippen molar-refractivity contribution in [2.75, 3.05) is 26.2 Å². The number of hydrogen-bond acceptors (Lipinski definition) is 5. The smallest absolute Gasteiger partial charge is 0.269 e.